The van der Waals surface area contributed by atoms with Crippen molar-refractivity contribution in [1.29, 1.82) is 0 Å². The number of ether oxygens (including phenoxy) is 3. The first-order valence-electron chi connectivity index (χ1n) is 17.1. The maximum atomic E-state index is 13.7. The molecular weight excluding hydrogens is 634 g/mol. The summed E-state index contributed by atoms with van der Waals surface area (Å²) in [7, 11) is 6.50. The van der Waals surface area contributed by atoms with E-state index in [1.807, 2.05) is 43.4 Å². The zero-order valence-corrected chi connectivity index (χ0v) is 29.4. The van der Waals surface area contributed by atoms with E-state index in [-0.39, 0.29) is 18.4 Å². The number of imidazole rings is 1. The number of carbonyl (C=O) groups is 1. The number of benzene rings is 3. The molecule has 1 amide bonds. The number of likely N-dealkylation sites (N-methyl/N-ethyl adjacent to an activating group) is 1. The standard InChI is InChI=1S/C39H47N5O6/c1-41(38(46)30-23-35(47-2)37(49-4)36(24-30)48-3)25-29(28-11-6-5-7-12-28)17-20-42-18-10-19-43(22-21-42)39-40-33-13-8-9-14-34(33)44(39)26-31-15-16-32(27-45)50-31/h5-9,11-16,23-24,29,45H,10,17-22,25-27H2,1-4H3. The molecule has 1 aliphatic rings. The molecule has 0 radical (unpaired) electrons. The van der Waals surface area contributed by atoms with Crippen LogP contribution in [0.3, 0.4) is 0 Å². The summed E-state index contributed by atoms with van der Waals surface area (Å²) in [6, 6.07) is 25.8. The minimum atomic E-state index is -0.121. The van der Waals surface area contributed by atoms with Gasteiger partial charge in [-0.1, -0.05) is 42.5 Å². The van der Waals surface area contributed by atoms with E-state index in [4.69, 9.17) is 23.6 Å². The van der Waals surface area contributed by atoms with Gasteiger partial charge < -0.3 is 43.0 Å². The molecule has 1 saturated heterocycles. The normalized spacial score (nSPS) is 14.4. The second-order valence-electron chi connectivity index (χ2n) is 12.7. The summed E-state index contributed by atoms with van der Waals surface area (Å²) >= 11 is 0. The number of aromatic nitrogens is 2. The molecule has 0 spiro atoms. The third-order valence-electron chi connectivity index (χ3n) is 9.51. The molecule has 1 fully saturated rings. The lowest BCUT2D eigenvalue weighted by molar-refractivity contribution is 0.0782. The molecule has 1 aliphatic heterocycles. The number of anilines is 1. The number of hydrogen-bond acceptors (Lipinski definition) is 9. The van der Waals surface area contributed by atoms with Crippen LogP contribution in [0, 0.1) is 0 Å². The number of rotatable bonds is 14. The fourth-order valence-corrected chi connectivity index (χ4v) is 6.87. The van der Waals surface area contributed by atoms with Gasteiger partial charge in [-0.05, 0) is 67.9 Å². The predicted octanol–water partition coefficient (Wildman–Crippen LogP) is 5.65. The molecule has 1 unspecified atom stereocenters. The first kappa shape index (κ1) is 34.8. The Labute approximate surface area is 293 Å². The van der Waals surface area contributed by atoms with Gasteiger partial charge in [-0.15, -0.1) is 0 Å². The van der Waals surface area contributed by atoms with Gasteiger partial charge in [-0.2, -0.15) is 0 Å². The highest BCUT2D eigenvalue weighted by molar-refractivity contribution is 5.95. The third kappa shape index (κ3) is 7.74. The first-order valence-corrected chi connectivity index (χ1v) is 17.1. The number of furan rings is 1. The van der Waals surface area contributed by atoms with Gasteiger partial charge in [0, 0.05) is 44.7 Å². The Balaban J connectivity index is 1.14. The summed E-state index contributed by atoms with van der Waals surface area (Å²) < 4.78 is 24.5. The third-order valence-corrected chi connectivity index (χ3v) is 9.51. The fraction of sp³-hybridized carbons (Fsp3) is 0.385. The molecule has 2 aromatic heterocycles. The van der Waals surface area contributed by atoms with Crippen molar-refractivity contribution in [1.82, 2.24) is 19.4 Å². The number of carbonyl (C=O) groups excluding carboxylic acids is 1. The van der Waals surface area contributed by atoms with Crippen LogP contribution in [-0.4, -0.2) is 98.0 Å². The summed E-state index contributed by atoms with van der Waals surface area (Å²) in [4.78, 5) is 25.5. The van der Waals surface area contributed by atoms with Gasteiger partial charge in [0.25, 0.3) is 5.91 Å². The zero-order valence-electron chi connectivity index (χ0n) is 29.4. The largest absolute Gasteiger partial charge is 0.493 e. The molecule has 3 aromatic carbocycles. The molecule has 1 N–H and O–H groups in total. The van der Waals surface area contributed by atoms with Crippen LogP contribution in [-0.2, 0) is 13.2 Å². The van der Waals surface area contributed by atoms with Crippen LogP contribution in [0.25, 0.3) is 11.0 Å². The van der Waals surface area contributed by atoms with Crippen molar-refractivity contribution < 1.29 is 28.5 Å². The zero-order chi connectivity index (χ0) is 35.0. The monoisotopic (exact) mass is 681 g/mol. The van der Waals surface area contributed by atoms with Crippen molar-refractivity contribution in [2.45, 2.75) is 31.9 Å². The summed E-state index contributed by atoms with van der Waals surface area (Å²) in [6.07, 6.45) is 1.91. The number of para-hydroxylation sites is 2. The van der Waals surface area contributed by atoms with Gasteiger partial charge in [-0.3, -0.25) is 4.79 Å². The lowest BCUT2D eigenvalue weighted by Crippen LogP contribution is -2.35. The molecule has 0 aliphatic carbocycles. The summed E-state index contributed by atoms with van der Waals surface area (Å²) in [6.45, 7) is 5.52. The van der Waals surface area contributed by atoms with Gasteiger partial charge in [0.15, 0.2) is 11.5 Å². The molecule has 6 rings (SSSR count). The van der Waals surface area contributed by atoms with Gasteiger partial charge in [-0.25, -0.2) is 4.98 Å². The highest BCUT2D eigenvalue weighted by atomic mass is 16.5. The van der Waals surface area contributed by atoms with E-state index in [0.717, 1.165) is 68.3 Å². The van der Waals surface area contributed by atoms with E-state index >= 15 is 0 Å². The van der Waals surface area contributed by atoms with E-state index in [1.54, 1.807) is 38.4 Å². The minimum absolute atomic E-state index is 0.111. The van der Waals surface area contributed by atoms with Gasteiger partial charge in [0.1, 0.15) is 18.1 Å². The number of fused-ring (bicyclic) bond motifs is 1. The molecule has 1 atom stereocenters. The summed E-state index contributed by atoms with van der Waals surface area (Å²) in [5.74, 6) is 3.67. The highest BCUT2D eigenvalue weighted by Gasteiger charge is 2.25. The summed E-state index contributed by atoms with van der Waals surface area (Å²) in [5, 5.41) is 9.52. The first-order chi connectivity index (χ1) is 24.4. The molecule has 0 bridgehead atoms. The predicted molar refractivity (Wildman–Crippen MR) is 194 cm³/mol. The second kappa shape index (κ2) is 16.1. The Bertz CT molecular complexity index is 1850. The van der Waals surface area contributed by atoms with E-state index < -0.39 is 0 Å². The SMILES string of the molecule is COc1cc(C(=O)N(C)CC(CCN2CCCN(c3nc4ccccc4n3Cc3ccc(CO)o3)CC2)c2ccccc2)cc(OC)c1OC. The second-order valence-corrected chi connectivity index (χ2v) is 12.7. The van der Waals surface area contributed by atoms with Crippen molar-refractivity contribution in [3.8, 4) is 17.2 Å². The minimum Gasteiger partial charge on any atom is -0.493 e. The summed E-state index contributed by atoms with van der Waals surface area (Å²) in [5.41, 5.74) is 3.70. The molecule has 0 saturated carbocycles. The van der Waals surface area contributed by atoms with Crippen molar-refractivity contribution in [2.24, 2.45) is 0 Å². The van der Waals surface area contributed by atoms with E-state index in [9.17, 15) is 9.90 Å². The van der Waals surface area contributed by atoms with Crippen LogP contribution in [0.2, 0.25) is 0 Å². The number of amides is 1. The lowest BCUT2D eigenvalue weighted by Gasteiger charge is -2.28. The van der Waals surface area contributed by atoms with E-state index in [0.29, 0.717) is 41.7 Å². The van der Waals surface area contributed by atoms with Crippen LogP contribution in [0.4, 0.5) is 5.95 Å². The Hall–Kier alpha value is -5.00. The number of aliphatic hydroxyl groups excluding tert-OH is 1. The van der Waals surface area contributed by atoms with Crippen molar-refractivity contribution >= 4 is 22.9 Å². The topological polar surface area (TPSA) is 106 Å². The number of hydrogen-bond donors (Lipinski definition) is 1. The molecule has 11 nitrogen and oxygen atoms in total. The molecule has 50 heavy (non-hydrogen) atoms. The van der Waals surface area contributed by atoms with Gasteiger partial charge in [0.2, 0.25) is 11.7 Å². The van der Waals surface area contributed by atoms with Crippen LogP contribution >= 0.6 is 0 Å². The molecule has 264 valence electrons. The van der Waals surface area contributed by atoms with Crippen LogP contribution in [0.5, 0.6) is 17.2 Å². The average molecular weight is 682 g/mol. The van der Waals surface area contributed by atoms with E-state index in [2.05, 4.69) is 44.7 Å². The number of nitrogens with zero attached hydrogens (tertiary/aromatic N) is 5. The van der Waals surface area contributed by atoms with Crippen LogP contribution in [0.1, 0.15) is 46.2 Å². The smallest absolute Gasteiger partial charge is 0.253 e. The highest BCUT2D eigenvalue weighted by Crippen LogP contribution is 2.38. The molecular formula is C39H47N5O6. The maximum absolute atomic E-state index is 13.7. The molecule has 5 aromatic rings. The van der Waals surface area contributed by atoms with Crippen LogP contribution in [0.15, 0.2) is 83.3 Å². The fourth-order valence-electron chi connectivity index (χ4n) is 6.87. The maximum Gasteiger partial charge on any atom is 0.253 e. The van der Waals surface area contributed by atoms with Crippen LogP contribution < -0.4 is 19.1 Å². The Morgan fingerprint density at radius 1 is 0.900 bits per heavy atom. The molecule has 11 heteroatoms. The lowest BCUT2D eigenvalue weighted by atomic mass is 9.94. The number of aliphatic hydroxyl groups is 1. The number of methoxy groups -OCH3 is 3. The quantitative estimate of drug-likeness (QED) is 0.159. The average Bonchev–Trinajstić information content (AvgIpc) is 3.69. The van der Waals surface area contributed by atoms with Crippen molar-refractivity contribution in [2.75, 3.05) is 72.5 Å². The van der Waals surface area contributed by atoms with Gasteiger partial charge in [0.05, 0.1) is 38.9 Å². The van der Waals surface area contributed by atoms with Gasteiger partial charge >= 0.3 is 0 Å². The Morgan fingerprint density at radius 2 is 1.62 bits per heavy atom. The van der Waals surface area contributed by atoms with Crippen molar-refractivity contribution in [3.05, 3.63) is 102 Å². The Morgan fingerprint density at radius 3 is 2.32 bits per heavy atom. The van der Waals surface area contributed by atoms with Crippen molar-refractivity contribution in [3.63, 3.8) is 0 Å². The molecule has 3 heterocycles. The van der Waals surface area contributed by atoms with E-state index in [1.165, 1.54) is 5.56 Å². The Kier molecular flexibility index (Phi) is 11.2.